The van der Waals surface area contributed by atoms with E-state index in [0.29, 0.717) is 6.42 Å². The highest BCUT2D eigenvalue weighted by molar-refractivity contribution is 5.99. The van der Waals surface area contributed by atoms with Gasteiger partial charge in [-0.15, -0.1) is 0 Å². The van der Waals surface area contributed by atoms with Crippen LogP contribution < -0.4 is 5.73 Å². The number of carbonyl (C=O) groups is 2. The molecule has 0 heterocycles. The van der Waals surface area contributed by atoms with Crippen LogP contribution in [0, 0.1) is 0 Å². The number of primary amides is 1. The average molecular weight is 142 g/mol. The molecule has 0 rings (SSSR count). The smallest absolute Gasteiger partial charge is 0.254 e. The molecule has 0 aromatic carbocycles. The maximum Gasteiger partial charge on any atom is 0.254 e. The Morgan fingerprint density at radius 3 is 2.60 bits per heavy atom. The summed E-state index contributed by atoms with van der Waals surface area (Å²) >= 11 is 0. The summed E-state index contributed by atoms with van der Waals surface area (Å²) in [5, 5.41) is 0. The van der Waals surface area contributed by atoms with Crippen LogP contribution in [0.15, 0.2) is 4.99 Å². The number of hydrogen-bond acceptors (Lipinski definition) is 2. The lowest BCUT2D eigenvalue weighted by Crippen LogP contribution is -2.14. The molecule has 0 radical (unpaired) electrons. The highest BCUT2D eigenvalue weighted by Gasteiger charge is 2.01. The van der Waals surface area contributed by atoms with Gasteiger partial charge in [0.25, 0.3) is 5.91 Å². The fourth-order valence-corrected chi connectivity index (χ4v) is 0.388. The van der Waals surface area contributed by atoms with Gasteiger partial charge in [0.05, 0.1) is 0 Å². The summed E-state index contributed by atoms with van der Waals surface area (Å²) in [6.45, 7) is 1.85. The monoisotopic (exact) mass is 142 g/mol. The van der Waals surface area contributed by atoms with E-state index < -0.39 is 11.8 Å². The highest BCUT2D eigenvalue weighted by Crippen LogP contribution is 1.82. The fraction of sp³-hybridized carbons (Fsp3) is 0.500. The Kier molecular flexibility index (Phi) is 4.11. The number of nitrogens with two attached hydrogens (primary N) is 1. The van der Waals surface area contributed by atoms with Gasteiger partial charge in [-0.25, -0.2) is 4.99 Å². The SMILES string of the molecule is CCC=NC(=O)CC(N)=O. The quantitative estimate of drug-likeness (QED) is 0.440. The van der Waals surface area contributed by atoms with Gasteiger partial charge in [0.2, 0.25) is 5.91 Å². The highest BCUT2D eigenvalue weighted by atomic mass is 16.2. The maximum absolute atomic E-state index is 10.5. The van der Waals surface area contributed by atoms with Gasteiger partial charge < -0.3 is 5.73 Å². The summed E-state index contributed by atoms with van der Waals surface area (Å²) in [4.78, 5) is 24.0. The van der Waals surface area contributed by atoms with Crippen molar-refractivity contribution in [3.63, 3.8) is 0 Å². The molecule has 0 bridgehead atoms. The Morgan fingerprint density at radius 1 is 1.60 bits per heavy atom. The second kappa shape index (κ2) is 4.67. The van der Waals surface area contributed by atoms with Gasteiger partial charge in [-0.1, -0.05) is 6.92 Å². The van der Waals surface area contributed by atoms with E-state index in [0.717, 1.165) is 0 Å². The van der Waals surface area contributed by atoms with Gasteiger partial charge in [0, 0.05) is 6.21 Å². The van der Waals surface area contributed by atoms with Crippen molar-refractivity contribution in [3.8, 4) is 0 Å². The van der Waals surface area contributed by atoms with E-state index >= 15 is 0 Å². The lowest BCUT2D eigenvalue weighted by atomic mass is 10.4. The summed E-state index contributed by atoms with van der Waals surface area (Å²) in [5.41, 5.74) is 4.73. The number of rotatable bonds is 3. The van der Waals surface area contributed by atoms with Gasteiger partial charge in [-0.2, -0.15) is 0 Å². The molecule has 0 unspecified atom stereocenters. The molecule has 4 heteroatoms. The molecule has 0 fully saturated rings. The van der Waals surface area contributed by atoms with E-state index in [9.17, 15) is 9.59 Å². The molecular formula is C6H10N2O2. The topological polar surface area (TPSA) is 72.5 Å². The summed E-state index contributed by atoms with van der Waals surface area (Å²) in [7, 11) is 0. The van der Waals surface area contributed by atoms with Crippen molar-refractivity contribution in [1.29, 1.82) is 0 Å². The van der Waals surface area contributed by atoms with Crippen molar-refractivity contribution < 1.29 is 9.59 Å². The molecule has 0 aliphatic heterocycles. The number of aliphatic imine (C=N–C) groups is 1. The van der Waals surface area contributed by atoms with E-state index in [4.69, 9.17) is 5.73 Å². The van der Waals surface area contributed by atoms with Crippen molar-refractivity contribution >= 4 is 18.0 Å². The molecule has 2 amide bonds. The zero-order valence-corrected chi connectivity index (χ0v) is 5.83. The van der Waals surface area contributed by atoms with E-state index in [-0.39, 0.29) is 6.42 Å². The molecule has 0 aliphatic rings. The predicted octanol–water partition coefficient (Wildman–Crippen LogP) is -0.131. The third-order valence-electron chi connectivity index (χ3n) is 0.743. The van der Waals surface area contributed by atoms with Crippen LogP contribution in [0.4, 0.5) is 0 Å². The van der Waals surface area contributed by atoms with E-state index in [1.807, 2.05) is 6.92 Å². The minimum absolute atomic E-state index is 0.295. The molecule has 10 heavy (non-hydrogen) atoms. The van der Waals surface area contributed by atoms with Crippen LogP contribution in [0.3, 0.4) is 0 Å². The Balaban J connectivity index is 3.64. The Morgan fingerprint density at radius 2 is 2.20 bits per heavy atom. The van der Waals surface area contributed by atoms with Crippen LogP contribution in [0.2, 0.25) is 0 Å². The van der Waals surface area contributed by atoms with Gasteiger partial charge >= 0.3 is 0 Å². The first kappa shape index (κ1) is 8.81. The number of hydrogen-bond donors (Lipinski definition) is 1. The standard InChI is InChI=1S/C6H10N2O2/c1-2-3-8-6(10)4-5(7)9/h3H,2,4H2,1H3,(H2,7,9). The first-order valence-corrected chi connectivity index (χ1v) is 3.00. The molecule has 56 valence electrons. The van der Waals surface area contributed by atoms with Crippen LogP contribution in [-0.4, -0.2) is 18.0 Å². The first-order valence-electron chi connectivity index (χ1n) is 3.00. The molecule has 4 nitrogen and oxygen atoms in total. The van der Waals surface area contributed by atoms with Gasteiger partial charge in [0.1, 0.15) is 6.42 Å². The molecule has 0 spiro atoms. The van der Waals surface area contributed by atoms with E-state index in [1.165, 1.54) is 6.21 Å². The van der Waals surface area contributed by atoms with Crippen LogP contribution in [0.25, 0.3) is 0 Å². The average Bonchev–Trinajstić information content (AvgIpc) is 1.82. The van der Waals surface area contributed by atoms with Crippen LogP contribution >= 0.6 is 0 Å². The molecular weight excluding hydrogens is 132 g/mol. The second-order valence-corrected chi connectivity index (χ2v) is 1.76. The molecule has 0 saturated heterocycles. The van der Waals surface area contributed by atoms with Crippen molar-refractivity contribution in [2.24, 2.45) is 10.7 Å². The molecule has 0 aromatic rings. The molecule has 0 aromatic heterocycles. The van der Waals surface area contributed by atoms with Gasteiger partial charge in [-0.3, -0.25) is 9.59 Å². The Labute approximate surface area is 59.1 Å². The predicted molar refractivity (Wildman–Crippen MR) is 37.6 cm³/mol. The molecule has 2 N–H and O–H groups in total. The third-order valence-corrected chi connectivity index (χ3v) is 0.743. The van der Waals surface area contributed by atoms with Gasteiger partial charge in [0.15, 0.2) is 0 Å². The molecule has 0 aliphatic carbocycles. The van der Waals surface area contributed by atoms with E-state index in [2.05, 4.69) is 4.99 Å². The number of amides is 2. The fourth-order valence-electron chi connectivity index (χ4n) is 0.388. The van der Waals surface area contributed by atoms with Crippen LogP contribution in [0.1, 0.15) is 19.8 Å². The zero-order chi connectivity index (χ0) is 7.98. The number of carbonyl (C=O) groups excluding carboxylic acids is 2. The molecule has 0 saturated carbocycles. The van der Waals surface area contributed by atoms with E-state index in [1.54, 1.807) is 0 Å². The zero-order valence-electron chi connectivity index (χ0n) is 5.83. The largest absolute Gasteiger partial charge is 0.369 e. The molecule has 0 atom stereocenters. The lowest BCUT2D eigenvalue weighted by Gasteiger charge is -1.86. The number of nitrogens with zero attached hydrogens (tertiary/aromatic N) is 1. The van der Waals surface area contributed by atoms with Crippen molar-refractivity contribution in [2.75, 3.05) is 0 Å². The Bertz CT molecular complexity index is 163. The summed E-state index contributed by atoms with van der Waals surface area (Å²) in [6.07, 6.45) is 1.84. The normalized spacial score (nSPS) is 10.1. The minimum atomic E-state index is -0.641. The second-order valence-electron chi connectivity index (χ2n) is 1.76. The van der Waals surface area contributed by atoms with Crippen molar-refractivity contribution in [3.05, 3.63) is 0 Å². The van der Waals surface area contributed by atoms with Gasteiger partial charge in [-0.05, 0) is 6.42 Å². The van der Waals surface area contributed by atoms with Crippen molar-refractivity contribution in [2.45, 2.75) is 19.8 Å². The summed E-state index contributed by atoms with van der Waals surface area (Å²) in [6, 6.07) is 0. The Hall–Kier alpha value is -1.19. The first-order chi connectivity index (χ1) is 4.66. The minimum Gasteiger partial charge on any atom is -0.369 e. The third kappa shape index (κ3) is 4.96. The van der Waals surface area contributed by atoms with Crippen LogP contribution in [-0.2, 0) is 9.59 Å². The lowest BCUT2D eigenvalue weighted by molar-refractivity contribution is -0.125. The van der Waals surface area contributed by atoms with Crippen molar-refractivity contribution in [1.82, 2.24) is 0 Å². The summed E-state index contributed by atoms with van der Waals surface area (Å²) < 4.78 is 0. The maximum atomic E-state index is 10.5. The van der Waals surface area contributed by atoms with Crippen LogP contribution in [0.5, 0.6) is 0 Å². The summed E-state index contributed by atoms with van der Waals surface area (Å²) in [5.74, 6) is -1.12.